The van der Waals surface area contributed by atoms with E-state index in [0.29, 0.717) is 33.5 Å². The first-order valence-corrected chi connectivity index (χ1v) is 14.0. The van der Waals surface area contributed by atoms with Crippen molar-refractivity contribution in [3.63, 3.8) is 0 Å². The highest BCUT2D eigenvalue weighted by molar-refractivity contribution is 5.20. The Morgan fingerprint density at radius 3 is 1.12 bits per heavy atom. The molecule has 0 aromatic rings. The fourth-order valence-electron chi connectivity index (χ4n) is 12.1. The molecule has 0 aromatic heterocycles. The second kappa shape index (κ2) is 6.77. The van der Waals surface area contributed by atoms with Crippen LogP contribution in [0.5, 0.6) is 0 Å². The first-order valence-electron chi connectivity index (χ1n) is 14.0. The minimum Gasteiger partial charge on any atom is -0.393 e. The van der Waals surface area contributed by atoms with Crippen LogP contribution in [0.15, 0.2) is 0 Å². The number of hydrogen-bond acceptors (Lipinski definition) is 2. The number of aliphatic hydroxyl groups is 2. The highest BCUT2D eigenvalue weighted by Crippen LogP contribution is 2.78. The molecule has 0 aromatic carbocycles. The van der Waals surface area contributed by atoms with Crippen LogP contribution in [0.4, 0.5) is 0 Å². The molecule has 184 valence electrons. The summed E-state index contributed by atoms with van der Waals surface area (Å²) in [7, 11) is 0. The van der Waals surface area contributed by atoms with Gasteiger partial charge in [-0.15, -0.1) is 0 Å². The predicted molar refractivity (Wildman–Crippen MR) is 132 cm³/mol. The minimum absolute atomic E-state index is 0.0409. The molecule has 32 heavy (non-hydrogen) atoms. The Hall–Kier alpha value is -0.0800. The van der Waals surface area contributed by atoms with E-state index < -0.39 is 0 Å². The lowest BCUT2D eigenvalue weighted by molar-refractivity contribution is -0.270. The molecule has 2 N–H and O–H groups in total. The molecular formula is C30H52O2. The van der Waals surface area contributed by atoms with Crippen molar-refractivity contribution in [2.45, 2.75) is 132 Å². The van der Waals surface area contributed by atoms with E-state index in [1.807, 2.05) is 0 Å². The van der Waals surface area contributed by atoms with Crippen LogP contribution in [0.1, 0.15) is 120 Å². The van der Waals surface area contributed by atoms with Gasteiger partial charge < -0.3 is 10.2 Å². The minimum atomic E-state index is -0.137. The number of hydrogen-bond donors (Lipinski definition) is 2. The van der Waals surface area contributed by atoms with Gasteiger partial charge in [-0.2, -0.15) is 0 Å². The fraction of sp³-hybridized carbons (Fsp3) is 1.00. The summed E-state index contributed by atoms with van der Waals surface area (Å²) >= 11 is 0. The van der Waals surface area contributed by atoms with Crippen LogP contribution >= 0.6 is 0 Å². The van der Waals surface area contributed by atoms with Crippen LogP contribution in [-0.4, -0.2) is 22.4 Å². The molecule has 0 bridgehead atoms. The number of rotatable bonds is 0. The lowest BCUT2D eigenvalue weighted by atomic mass is 9.30. The van der Waals surface area contributed by atoms with E-state index in [9.17, 15) is 10.2 Å². The monoisotopic (exact) mass is 444 g/mol. The normalized spacial score (nSPS) is 58.7. The Balaban J connectivity index is 1.54. The van der Waals surface area contributed by atoms with Crippen LogP contribution in [0.25, 0.3) is 0 Å². The first-order chi connectivity index (χ1) is 14.7. The van der Waals surface area contributed by atoms with Gasteiger partial charge in [-0.3, -0.25) is 0 Å². The van der Waals surface area contributed by atoms with Crippen LogP contribution in [0.2, 0.25) is 0 Å². The van der Waals surface area contributed by atoms with Crippen LogP contribution in [0, 0.1) is 56.2 Å². The van der Waals surface area contributed by atoms with Crippen LogP contribution < -0.4 is 0 Å². The second-order valence-electron chi connectivity index (χ2n) is 15.5. The van der Waals surface area contributed by atoms with Gasteiger partial charge in [0, 0.05) is 0 Å². The number of fused-ring (bicyclic) bond motifs is 7. The largest absolute Gasteiger partial charge is 0.393 e. The van der Waals surface area contributed by atoms with Crippen molar-refractivity contribution in [2.24, 2.45) is 56.2 Å². The third-order valence-electron chi connectivity index (χ3n) is 14.1. The summed E-state index contributed by atoms with van der Waals surface area (Å²) in [5.41, 5.74) is 1.60. The van der Waals surface area contributed by atoms with Crippen LogP contribution in [0.3, 0.4) is 0 Å². The van der Waals surface area contributed by atoms with Crippen LogP contribution in [-0.2, 0) is 0 Å². The molecular weight excluding hydrogens is 392 g/mol. The van der Waals surface area contributed by atoms with Crippen molar-refractivity contribution in [1.82, 2.24) is 0 Å². The van der Waals surface area contributed by atoms with Gasteiger partial charge in [0.15, 0.2) is 0 Å². The van der Waals surface area contributed by atoms with Gasteiger partial charge in [0.25, 0.3) is 0 Å². The van der Waals surface area contributed by atoms with E-state index in [1.165, 1.54) is 51.4 Å². The summed E-state index contributed by atoms with van der Waals surface area (Å²) in [5.74, 6) is 2.86. The zero-order chi connectivity index (χ0) is 23.5. The highest BCUT2D eigenvalue weighted by atomic mass is 16.3. The Morgan fingerprint density at radius 2 is 0.781 bits per heavy atom. The molecule has 10 atom stereocenters. The molecule has 0 aliphatic heterocycles. The van der Waals surface area contributed by atoms with E-state index in [2.05, 4.69) is 55.4 Å². The van der Waals surface area contributed by atoms with Crippen molar-refractivity contribution in [3.05, 3.63) is 0 Å². The van der Waals surface area contributed by atoms with Gasteiger partial charge >= 0.3 is 0 Å². The predicted octanol–water partition coefficient (Wildman–Crippen LogP) is 7.22. The molecule has 5 aliphatic rings. The van der Waals surface area contributed by atoms with Gasteiger partial charge in [0.2, 0.25) is 0 Å². The zero-order valence-electron chi connectivity index (χ0n) is 22.4. The molecule has 5 saturated carbocycles. The van der Waals surface area contributed by atoms with Gasteiger partial charge in [-0.25, -0.2) is 0 Å². The fourth-order valence-corrected chi connectivity index (χ4v) is 12.1. The molecule has 0 unspecified atom stereocenters. The molecule has 0 amide bonds. The lowest BCUT2D eigenvalue weighted by Crippen LogP contribution is -2.68. The maximum absolute atomic E-state index is 10.9. The molecule has 5 rings (SSSR count). The Morgan fingerprint density at radius 1 is 0.438 bits per heavy atom. The van der Waals surface area contributed by atoms with Gasteiger partial charge in [-0.05, 0) is 120 Å². The topological polar surface area (TPSA) is 40.5 Å². The van der Waals surface area contributed by atoms with E-state index in [4.69, 9.17) is 0 Å². The molecule has 0 saturated heterocycles. The summed E-state index contributed by atoms with van der Waals surface area (Å²) in [6, 6.07) is 0. The Labute approximate surface area is 198 Å². The smallest absolute Gasteiger partial charge is 0.0594 e. The summed E-state index contributed by atoms with van der Waals surface area (Å²) in [4.78, 5) is 0. The Kier molecular flexibility index (Phi) is 5.01. The van der Waals surface area contributed by atoms with E-state index in [-0.39, 0.29) is 23.0 Å². The summed E-state index contributed by atoms with van der Waals surface area (Å²) in [6.45, 7) is 20.1. The second-order valence-corrected chi connectivity index (χ2v) is 15.5. The van der Waals surface area contributed by atoms with Crippen molar-refractivity contribution in [2.75, 3.05) is 0 Å². The van der Waals surface area contributed by atoms with E-state index >= 15 is 0 Å². The molecule has 2 heteroatoms. The van der Waals surface area contributed by atoms with Crippen molar-refractivity contribution >= 4 is 0 Å². The van der Waals surface area contributed by atoms with Crippen molar-refractivity contribution in [3.8, 4) is 0 Å². The average molecular weight is 445 g/mol. The van der Waals surface area contributed by atoms with Gasteiger partial charge in [0.1, 0.15) is 0 Å². The maximum atomic E-state index is 10.9. The molecule has 5 aliphatic carbocycles. The third kappa shape index (κ3) is 2.61. The molecule has 0 spiro atoms. The molecule has 0 heterocycles. The third-order valence-corrected chi connectivity index (χ3v) is 14.1. The van der Waals surface area contributed by atoms with Gasteiger partial charge in [0.05, 0.1) is 12.2 Å². The average Bonchev–Trinajstić information content (AvgIpc) is 2.69. The standard InChI is InChI=1S/C30H52O2/c1-25(2)19-11-17-29(7)21(27(19,5)15-13-23(25)31)9-10-22-28(6)16-14-24(32)26(3,4)20(28)12-18-30(22,29)8/h19-24,31-32H,9-18H2,1-8H3/t19-,20-,21+,22+,23-,24+,27-,28-,29+,30+/m0/s1. The summed E-state index contributed by atoms with van der Waals surface area (Å²) in [6.07, 6.45) is 12.1. The summed E-state index contributed by atoms with van der Waals surface area (Å²) in [5, 5.41) is 21.8. The van der Waals surface area contributed by atoms with Crippen molar-refractivity contribution in [1.29, 1.82) is 0 Å². The zero-order valence-corrected chi connectivity index (χ0v) is 22.4. The number of aliphatic hydroxyl groups excluding tert-OH is 2. The van der Waals surface area contributed by atoms with Gasteiger partial charge in [-0.1, -0.05) is 55.4 Å². The van der Waals surface area contributed by atoms with E-state index in [0.717, 1.165) is 24.7 Å². The molecule has 5 fully saturated rings. The van der Waals surface area contributed by atoms with E-state index in [1.54, 1.807) is 0 Å². The quantitative estimate of drug-likeness (QED) is 0.414. The summed E-state index contributed by atoms with van der Waals surface area (Å²) < 4.78 is 0. The first kappa shape index (κ1) is 23.7. The molecule has 0 radical (unpaired) electrons. The Bertz CT molecular complexity index is 707. The maximum Gasteiger partial charge on any atom is 0.0594 e. The highest BCUT2D eigenvalue weighted by Gasteiger charge is 2.71. The molecule has 2 nitrogen and oxygen atoms in total. The SMILES string of the molecule is CC1(C)[C@H](O)CC[C@]2(C)[C@H]3CC[C@@H]4[C@@]5(C)CC[C@H](O)C(C)(C)[C@@H]5CC[C@@]4(C)[C@]3(C)CC[C@@H]12. The van der Waals surface area contributed by atoms with Crippen molar-refractivity contribution < 1.29 is 10.2 Å². The lowest BCUT2D eigenvalue weighted by Gasteiger charge is -2.75.